The van der Waals surface area contributed by atoms with Crippen LogP contribution in [0.2, 0.25) is 5.02 Å². The smallest absolute Gasteiger partial charge is 0.248 e. The number of fused-ring (bicyclic) bond motifs is 1. The molecule has 34 heavy (non-hydrogen) atoms. The van der Waals surface area contributed by atoms with Crippen LogP contribution in [0, 0.1) is 0 Å². The molecule has 0 atom stereocenters. The predicted molar refractivity (Wildman–Crippen MR) is 132 cm³/mol. The monoisotopic (exact) mass is 477 g/mol. The van der Waals surface area contributed by atoms with E-state index in [-0.39, 0.29) is 19.1 Å². The lowest BCUT2D eigenvalue weighted by Crippen LogP contribution is -2.16. The number of hydrogen-bond donors (Lipinski definition) is 2. The molecule has 0 saturated carbocycles. The van der Waals surface area contributed by atoms with E-state index in [1.54, 1.807) is 32.4 Å². The number of nitrogens with zero attached hydrogens (tertiary/aromatic N) is 1. The normalized spacial score (nSPS) is 13.0. The zero-order valence-corrected chi connectivity index (χ0v) is 19.6. The van der Waals surface area contributed by atoms with Gasteiger partial charge in [-0.25, -0.2) is 0 Å². The summed E-state index contributed by atoms with van der Waals surface area (Å²) in [5, 5.41) is 3.59. The van der Waals surface area contributed by atoms with Crippen molar-refractivity contribution < 1.29 is 19.1 Å². The SMILES string of the molecule is COCc1cc2c(c(COC)c1-c1ccc(Cl)cc1)C(c1cccc(C(N)=O)c1)=NCC(=O)N2. The van der Waals surface area contributed by atoms with Crippen molar-refractivity contribution in [2.75, 3.05) is 26.1 Å². The van der Waals surface area contributed by atoms with Gasteiger partial charge in [0.25, 0.3) is 0 Å². The van der Waals surface area contributed by atoms with E-state index in [0.717, 1.165) is 27.8 Å². The van der Waals surface area contributed by atoms with Gasteiger partial charge in [0.1, 0.15) is 6.54 Å². The quantitative estimate of drug-likeness (QED) is 0.532. The number of carbonyl (C=O) groups excluding carboxylic acids is 2. The zero-order chi connectivity index (χ0) is 24.2. The molecule has 0 unspecified atom stereocenters. The van der Waals surface area contributed by atoms with Crippen molar-refractivity contribution in [1.29, 1.82) is 0 Å². The van der Waals surface area contributed by atoms with E-state index in [2.05, 4.69) is 10.3 Å². The summed E-state index contributed by atoms with van der Waals surface area (Å²) in [6.07, 6.45) is 0. The molecule has 3 aromatic carbocycles. The average Bonchev–Trinajstić information content (AvgIpc) is 2.98. The second-order valence-corrected chi connectivity index (χ2v) is 8.28. The maximum absolute atomic E-state index is 12.6. The lowest BCUT2D eigenvalue weighted by atomic mass is 9.86. The first-order valence-electron chi connectivity index (χ1n) is 10.6. The van der Waals surface area contributed by atoms with Crippen LogP contribution >= 0.6 is 11.6 Å². The Bertz CT molecular complexity index is 1290. The summed E-state index contributed by atoms with van der Waals surface area (Å²) in [6, 6.07) is 16.3. The topological polar surface area (TPSA) is 103 Å². The Morgan fingerprint density at radius 3 is 2.44 bits per heavy atom. The van der Waals surface area contributed by atoms with E-state index in [4.69, 9.17) is 26.8 Å². The molecule has 1 heterocycles. The van der Waals surface area contributed by atoms with Gasteiger partial charge in [-0.1, -0.05) is 35.9 Å². The lowest BCUT2D eigenvalue weighted by Gasteiger charge is -2.23. The largest absolute Gasteiger partial charge is 0.380 e. The molecule has 0 aromatic heterocycles. The summed E-state index contributed by atoms with van der Waals surface area (Å²) in [7, 11) is 3.23. The third-order valence-corrected chi connectivity index (χ3v) is 5.80. The second kappa shape index (κ2) is 10.2. The minimum absolute atomic E-state index is 0.0624. The van der Waals surface area contributed by atoms with Crippen molar-refractivity contribution in [2.45, 2.75) is 13.2 Å². The number of methoxy groups -OCH3 is 2. The van der Waals surface area contributed by atoms with Crippen LogP contribution in [0.3, 0.4) is 0 Å². The summed E-state index contributed by atoms with van der Waals surface area (Å²) in [5.41, 5.74) is 12.0. The second-order valence-electron chi connectivity index (χ2n) is 7.84. The number of nitrogens with two attached hydrogens (primary N) is 1. The van der Waals surface area contributed by atoms with Crippen LogP contribution in [0.4, 0.5) is 5.69 Å². The first-order chi connectivity index (χ1) is 16.4. The number of carbonyl (C=O) groups is 2. The number of halogens is 1. The standard InChI is InChI=1S/C26H24ClN3O4/c1-33-13-18-11-21-24(20(14-34-2)23(18)15-6-8-19(27)9-7-15)25(29-12-22(31)30-21)16-4-3-5-17(10-16)26(28)32/h3-11H,12-14H2,1-2H3,(H2,28,32)(H,30,31). The number of rotatable bonds is 7. The molecular weight excluding hydrogens is 454 g/mol. The number of ether oxygens (including phenoxy) is 2. The maximum Gasteiger partial charge on any atom is 0.248 e. The van der Waals surface area contributed by atoms with Crippen LogP contribution < -0.4 is 11.1 Å². The molecule has 4 rings (SSSR count). The fourth-order valence-corrected chi connectivity index (χ4v) is 4.30. The van der Waals surface area contributed by atoms with Crippen LogP contribution in [0.1, 0.15) is 32.6 Å². The molecule has 8 heteroatoms. The molecule has 0 fully saturated rings. The maximum atomic E-state index is 12.6. The van der Waals surface area contributed by atoms with E-state index in [1.165, 1.54) is 0 Å². The van der Waals surface area contributed by atoms with Crippen LogP contribution in [-0.4, -0.2) is 38.3 Å². The van der Waals surface area contributed by atoms with Crippen molar-refractivity contribution in [3.63, 3.8) is 0 Å². The molecule has 0 saturated heterocycles. The van der Waals surface area contributed by atoms with Crippen molar-refractivity contribution in [3.8, 4) is 11.1 Å². The number of hydrogen-bond acceptors (Lipinski definition) is 5. The molecule has 7 nitrogen and oxygen atoms in total. The van der Waals surface area contributed by atoms with Gasteiger partial charge in [-0.3, -0.25) is 14.6 Å². The Balaban J connectivity index is 2.05. The highest BCUT2D eigenvalue weighted by Gasteiger charge is 2.26. The molecule has 1 aliphatic heterocycles. The fraction of sp³-hybridized carbons (Fsp3) is 0.192. The number of anilines is 1. The van der Waals surface area contributed by atoms with Gasteiger partial charge in [-0.05, 0) is 52.6 Å². The van der Waals surface area contributed by atoms with Gasteiger partial charge in [0.05, 0.1) is 24.6 Å². The Morgan fingerprint density at radius 2 is 1.76 bits per heavy atom. The molecule has 2 amide bonds. The molecule has 0 spiro atoms. The van der Waals surface area contributed by atoms with Crippen LogP contribution in [0.25, 0.3) is 11.1 Å². The highest BCUT2D eigenvalue weighted by Crippen LogP contribution is 2.38. The van der Waals surface area contributed by atoms with Crippen molar-refractivity contribution in [2.24, 2.45) is 10.7 Å². The third-order valence-electron chi connectivity index (χ3n) is 5.55. The number of amides is 2. The number of nitrogens with one attached hydrogen (secondary N) is 1. The molecule has 3 N–H and O–H groups in total. The van der Waals surface area contributed by atoms with Crippen molar-refractivity contribution >= 4 is 34.8 Å². The number of aliphatic imine (C=N–C) groups is 1. The third kappa shape index (κ3) is 4.72. The summed E-state index contributed by atoms with van der Waals surface area (Å²) >= 11 is 6.14. The molecule has 174 valence electrons. The molecule has 1 aliphatic rings. The highest BCUT2D eigenvalue weighted by molar-refractivity contribution is 6.30. The van der Waals surface area contributed by atoms with Crippen molar-refractivity contribution in [3.05, 3.63) is 87.4 Å². The van der Waals surface area contributed by atoms with Gasteiger partial charge in [0, 0.05) is 35.9 Å². The van der Waals surface area contributed by atoms with Gasteiger partial charge in [0.15, 0.2) is 0 Å². The van der Waals surface area contributed by atoms with Gasteiger partial charge in [-0.2, -0.15) is 0 Å². The Hall–Kier alpha value is -3.52. The Kier molecular flexibility index (Phi) is 7.07. The first-order valence-corrected chi connectivity index (χ1v) is 11.0. The van der Waals surface area contributed by atoms with E-state index in [9.17, 15) is 9.59 Å². The van der Waals surface area contributed by atoms with Gasteiger partial charge in [0.2, 0.25) is 11.8 Å². The Morgan fingerprint density at radius 1 is 1.03 bits per heavy atom. The van der Waals surface area contributed by atoms with E-state index in [1.807, 2.05) is 36.4 Å². The highest BCUT2D eigenvalue weighted by atomic mass is 35.5. The molecule has 0 radical (unpaired) electrons. The van der Waals surface area contributed by atoms with E-state index in [0.29, 0.717) is 34.2 Å². The van der Waals surface area contributed by atoms with E-state index >= 15 is 0 Å². The molecule has 3 aromatic rings. The summed E-state index contributed by atoms with van der Waals surface area (Å²) < 4.78 is 11.1. The molecule has 0 bridgehead atoms. The number of benzene rings is 3. The predicted octanol–water partition coefficient (Wildman–Crippen LogP) is 4.19. The fourth-order valence-electron chi connectivity index (χ4n) is 4.18. The summed E-state index contributed by atoms with van der Waals surface area (Å²) in [5.74, 6) is -0.784. The average molecular weight is 478 g/mol. The van der Waals surface area contributed by atoms with Crippen LogP contribution in [0.15, 0.2) is 59.6 Å². The molecular formula is C26H24ClN3O4. The summed E-state index contributed by atoms with van der Waals surface area (Å²) in [6.45, 7) is 0.511. The van der Waals surface area contributed by atoms with Gasteiger partial charge >= 0.3 is 0 Å². The van der Waals surface area contributed by atoms with Crippen molar-refractivity contribution in [1.82, 2.24) is 0 Å². The minimum Gasteiger partial charge on any atom is -0.380 e. The first kappa shape index (κ1) is 23.6. The number of benzodiazepines with no additional fused rings is 1. The minimum atomic E-state index is -0.542. The lowest BCUT2D eigenvalue weighted by molar-refractivity contribution is -0.114. The Labute approximate surface area is 202 Å². The van der Waals surface area contributed by atoms with Crippen LogP contribution in [0.5, 0.6) is 0 Å². The zero-order valence-electron chi connectivity index (χ0n) is 18.9. The summed E-state index contributed by atoms with van der Waals surface area (Å²) in [4.78, 5) is 29.0. The van der Waals surface area contributed by atoms with E-state index < -0.39 is 5.91 Å². The van der Waals surface area contributed by atoms with Gasteiger partial charge < -0.3 is 20.5 Å². The van der Waals surface area contributed by atoms with Gasteiger partial charge in [-0.15, -0.1) is 0 Å². The number of primary amides is 1. The van der Waals surface area contributed by atoms with Crippen LogP contribution in [-0.2, 0) is 27.5 Å². The molecule has 0 aliphatic carbocycles.